The standard InChI is InChI=1S/C21H22N4O4S/c1-24(2)21(29)30-15-9-7-14(8-10-15)22-18(26)11-12-20(28)25-13-19(27)23-16-5-3-4-6-17(16)25/h3-10H,11-13H2,1-2H3,(H,22,26)(H,23,27). The summed E-state index contributed by atoms with van der Waals surface area (Å²) in [7, 11) is 3.36. The highest BCUT2D eigenvalue weighted by atomic mass is 32.2. The van der Waals surface area contributed by atoms with Gasteiger partial charge < -0.3 is 20.4 Å². The van der Waals surface area contributed by atoms with E-state index in [1.54, 1.807) is 62.6 Å². The van der Waals surface area contributed by atoms with Crippen molar-refractivity contribution in [1.29, 1.82) is 0 Å². The number of amides is 4. The molecule has 8 nitrogen and oxygen atoms in total. The summed E-state index contributed by atoms with van der Waals surface area (Å²) in [5.41, 5.74) is 1.79. The first kappa shape index (κ1) is 21.4. The molecule has 0 aromatic heterocycles. The Morgan fingerprint density at radius 3 is 2.47 bits per heavy atom. The van der Waals surface area contributed by atoms with Crippen molar-refractivity contribution in [3.05, 3.63) is 48.5 Å². The summed E-state index contributed by atoms with van der Waals surface area (Å²) in [6, 6.07) is 14.0. The van der Waals surface area contributed by atoms with Gasteiger partial charge in [-0.3, -0.25) is 19.2 Å². The van der Waals surface area contributed by atoms with Crippen molar-refractivity contribution in [2.45, 2.75) is 17.7 Å². The Hall–Kier alpha value is -3.33. The number of thioether (sulfide) groups is 1. The molecule has 0 radical (unpaired) electrons. The Labute approximate surface area is 178 Å². The number of carbonyl (C=O) groups excluding carboxylic acids is 4. The maximum absolute atomic E-state index is 12.6. The minimum absolute atomic E-state index is 0.00522. The van der Waals surface area contributed by atoms with Crippen molar-refractivity contribution in [3.8, 4) is 0 Å². The molecule has 3 rings (SSSR count). The first-order chi connectivity index (χ1) is 14.3. The van der Waals surface area contributed by atoms with Gasteiger partial charge in [-0.1, -0.05) is 12.1 Å². The van der Waals surface area contributed by atoms with Crippen molar-refractivity contribution in [2.24, 2.45) is 0 Å². The molecular formula is C21H22N4O4S. The summed E-state index contributed by atoms with van der Waals surface area (Å²) in [6.07, 6.45) is -0.0204. The minimum atomic E-state index is -0.303. The summed E-state index contributed by atoms with van der Waals surface area (Å²) in [5.74, 6) is -0.860. The number of hydrogen-bond donors (Lipinski definition) is 2. The number of para-hydroxylation sites is 2. The SMILES string of the molecule is CN(C)C(=O)Sc1ccc(NC(=O)CCC(=O)N2CC(=O)Nc3ccccc32)cc1. The molecule has 1 aliphatic heterocycles. The number of fused-ring (bicyclic) bond motifs is 1. The third-order valence-electron chi connectivity index (χ3n) is 4.35. The summed E-state index contributed by atoms with van der Waals surface area (Å²) >= 11 is 1.10. The largest absolute Gasteiger partial charge is 0.339 e. The molecule has 2 aromatic rings. The Balaban J connectivity index is 1.53. The third kappa shape index (κ3) is 5.38. The predicted molar refractivity (Wildman–Crippen MR) is 117 cm³/mol. The Bertz CT molecular complexity index is 975. The quantitative estimate of drug-likeness (QED) is 0.716. The summed E-state index contributed by atoms with van der Waals surface area (Å²) in [6.45, 7) is -0.0672. The Kier molecular flexibility index (Phi) is 6.73. The molecule has 0 saturated heterocycles. The first-order valence-electron chi connectivity index (χ1n) is 9.32. The van der Waals surface area contributed by atoms with Crippen LogP contribution >= 0.6 is 11.8 Å². The summed E-state index contributed by atoms with van der Waals surface area (Å²) < 4.78 is 0. The molecule has 0 unspecified atom stereocenters. The molecule has 4 amide bonds. The summed E-state index contributed by atoms with van der Waals surface area (Å²) in [5, 5.41) is 5.38. The number of anilines is 3. The second-order valence-electron chi connectivity index (χ2n) is 6.88. The van der Waals surface area contributed by atoms with Crippen LogP contribution in [0.3, 0.4) is 0 Å². The first-order valence-corrected chi connectivity index (χ1v) is 10.1. The fourth-order valence-electron chi connectivity index (χ4n) is 2.83. The van der Waals surface area contributed by atoms with Gasteiger partial charge >= 0.3 is 0 Å². The van der Waals surface area contributed by atoms with Crippen LogP contribution in [0, 0.1) is 0 Å². The van der Waals surface area contributed by atoms with Gasteiger partial charge in [0.1, 0.15) is 6.54 Å². The van der Waals surface area contributed by atoms with Gasteiger partial charge in [0.15, 0.2) is 0 Å². The van der Waals surface area contributed by atoms with Gasteiger partial charge in [0.05, 0.1) is 11.4 Å². The molecule has 30 heavy (non-hydrogen) atoms. The van der Waals surface area contributed by atoms with E-state index in [0.717, 1.165) is 16.7 Å². The average Bonchev–Trinajstić information content (AvgIpc) is 2.72. The van der Waals surface area contributed by atoms with Crippen molar-refractivity contribution in [1.82, 2.24) is 4.90 Å². The molecule has 0 aliphatic carbocycles. The lowest BCUT2D eigenvalue weighted by molar-refractivity contribution is -0.124. The highest BCUT2D eigenvalue weighted by molar-refractivity contribution is 8.13. The van der Waals surface area contributed by atoms with Gasteiger partial charge in [0, 0.05) is 37.5 Å². The molecule has 1 heterocycles. The lowest BCUT2D eigenvalue weighted by atomic mass is 10.1. The van der Waals surface area contributed by atoms with Crippen LogP contribution in [0.5, 0.6) is 0 Å². The molecule has 2 aromatic carbocycles. The zero-order chi connectivity index (χ0) is 21.7. The maximum Gasteiger partial charge on any atom is 0.285 e. The zero-order valence-electron chi connectivity index (χ0n) is 16.7. The molecule has 1 aliphatic rings. The molecule has 0 fully saturated rings. The topological polar surface area (TPSA) is 98.8 Å². The Morgan fingerprint density at radius 2 is 1.77 bits per heavy atom. The molecule has 9 heteroatoms. The summed E-state index contributed by atoms with van der Waals surface area (Å²) in [4.78, 5) is 52.0. The monoisotopic (exact) mass is 426 g/mol. The molecule has 2 N–H and O–H groups in total. The molecule has 0 bridgehead atoms. The lowest BCUT2D eigenvalue weighted by Crippen LogP contribution is -2.42. The van der Waals surface area contributed by atoms with Crippen molar-refractivity contribution < 1.29 is 19.2 Å². The highest BCUT2D eigenvalue weighted by Crippen LogP contribution is 2.29. The number of nitrogens with zero attached hydrogens (tertiary/aromatic N) is 2. The van der Waals surface area contributed by atoms with Gasteiger partial charge in [0.25, 0.3) is 5.24 Å². The van der Waals surface area contributed by atoms with Crippen molar-refractivity contribution in [2.75, 3.05) is 36.2 Å². The van der Waals surface area contributed by atoms with E-state index in [0.29, 0.717) is 17.1 Å². The second-order valence-corrected chi connectivity index (χ2v) is 7.90. The minimum Gasteiger partial charge on any atom is -0.339 e. The number of hydrogen-bond acceptors (Lipinski definition) is 5. The molecule has 0 atom stereocenters. The van der Waals surface area contributed by atoms with Crippen LogP contribution in [0.25, 0.3) is 0 Å². The van der Waals surface area contributed by atoms with Gasteiger partial charge in [-0.05, 0) is 48.2 Å². The van der Waals surface area contributed by atoms with E-state index >= 15 is 0 Å². The highest BCUT2D eigenvalue weighted by Gasteiger charge is 2.26. The molecule has 0 saturated carbocycles. The third-order valence-corrected chi connectivity index (χ3v) is 5.39. The fourth-order valence-corrected chi connectivity index (χ4v) is 3.49. The van der Waals surface area contributed by atoms with Crippen LogP contribution in [-0.4, -0.2) is 48.5 Å². The molecule has 0 spiro atoms. The van der Waals surface area contributed by atoms with Crippen LogP contribution in [0.1, 0.15) is 12.8 Å². The van der Waals surface area contributed by atoms with Gasteiger partial charge in [-0.2, -0.15) is 0 Å². The number of rotatable bonds is 5. The van der Waals surface area contributed by atoms with Crippen LogP contribution in [0.4, 0.5) is 21.9 Å². The van der Waals surface area contributed by atoms with Crippen LogP contribution in [-0.2, 0) is 14.4 Å². The number of carbonyl (C=O) groups is 4. The van der Waals surface area contributed by atoms with E-state index in [4.69, 9.17) is 0 Å². The smallest absolute Gasteiger partial charge is 0.285 e. The van der Waals surface area contributed by atoms with E-state index in [9.17, 15) is 19.2 Å². The van der Waals surface area contributed by atoms with E-state index in [1.165, 1.54) is 9.80 Å². The van der Waals surface area contributed by atoms with E-state index in [-0.39, 0.29) is 42.3 Å². The van der Waals surface area contributed by atoms with Crippen molar-refractivity contribution >= 4 is 51.8 Å². The van der Waals surface area contributed by atoms with Gasteiger partial charge in [0.2, 0.25) is 17.7 Å². The predicted octanol–water partition coefficient (Wildman–Crippen LogP) is 3.16. The van der Waals surface area contributed by atoms with Crippen LogP contribution < -0.4 is 15.5 Å². The maximum atomic E-state index is 12.6. The van der Waals surface area contributed by atoms with Gasteiger partial charge in [-0.25, -0.2) is 0 Å². The van der Waals surface area contributed by atoms with E-state index in [1.807, 2.05) is 0 Å². The van der Waals surface area contributed by atoms with Gasteiger partial charge in [-0.15, -0.1) is 0 Å². The second kappa shape index (κ2) is 9.45. The molecular weight excluding hydrogens is 404 g/mol. The fraction of sp³-hybridized carbons (Fsp3) is 0.238. The van der Waals surface area contributed by atoms with Crippen LogP contribution in [0.15, 0.2) is 53.4 Å². The number of nitrogens with one attached hydrogen (secondary N) is 2. The zero-order valence-corrected chi connectivity index (χ0v) is 17.5. The van der Waals surface area contributed by atoms with E-state index < -0.39 is 0 Å². The normalized spacial score (nSPS) is 12.6. The number of benzene rings is 2. The Morgan fingerprint density at radius 1 is 1.07 bits per heavy atom. The van der Waals surface area contributed by atoms with Crippen molar-refractivity contribution in [3.63, 3.8) is 0 Å². The van der Waals surface area contributed by atoms with E-state index in [2.05, 4.69) is 10.6 Å². The van der Waals surface area contributed by atoms with Crippen LogP contribution in [0.2, 0.25) is 0 Å². The lowest BCUT2D eigenvalue weighted by Gasteiger charge is -2.29. The average molecular weight is 426 g/mol. The molecule has 156 valence electrons.